The predicted molar refractivity (Wildman–Crippen MR) is 62.0 cm³/mol. The topological polar surface area (TPSA) is 63.4 Å². The minimum atomic E-state index is -3.07. The maximum Gasteiger partial charge on any atom is 0.214 e. The van der Waals surface area contributed by atoms with Gasteiger partial charge in [0.1, 0.15) is 0 Å². The summed E-state index contributed by atoms with van der Waals surface area (Å²) < 4.78 is 25.3. The molecule has 1 atom stereocenters. The lowest BCUT2D eigenvalue weighted by molar-refractivity contribution is 0.389. The third-order valence-electron chi connectivity index (χ3n) is 2.69. The largest absolute Gasteiger partial charge is 0.326 e. The molecule has 0 aromatic carbocycles. The van der Waals surface area contributed by atoms with Crippen LogP contribution >= 0.6 is 0 Å². The number of nitrogens with two attached hydrogens (primary N) is 1. The highest BCUT2D eigenvalue weighted by atomic mass is 32.2. The highest BCUT2D eigenvalue weighted by molar-refractivity contribution is 7.89. The van der Waals surface area contributed by atoms with Gasteiger partial charge in [0.05, 0.1) is 5.75 Å². The van der Waals surface area contributed by atoms with Crippen LogP contribution in [0, 0.1) is 5.41 Å². The quantitative estimate of drug-likeness (QED) is 0.785. The molecule has 0 aliphatic carbocycles. The van der Waals surface area contributed by atoms with Crippen molar-refractivity contribution in [2.75, 3.05) is 18.8 Å². The Labute approximate surface area is 92.9 Å². The van der Waals surface area contributed by atoms with Crippen LogP contribution in [0.3, 0.4) is 0 Å². The molecular weight excluding hydrogens is 212 g/mol. The molecule has 0 saturated carbocycles. The molecular formula is C10H22N2O2S. The van der Waals surface area contributed by atoms with Crippen LogP contribution in [0.1, 0.15) is 33.6 Å². The van der Waals surface area contributed by atoms with E-state index < -0.39 is 10.0 Å². The van der Waals surface area contributed by atoms with Crippen LogP contribution in [0.2, 0.25) is 0 Å². The minimum absolute atomic E-state index is 0.0226. The van der Waals surface area contributed by atoms with E-state index in [1.165, 1.54) is 4.31 Å². The zero-order valence-electron chi connectivity index (χ0n) is 9.86. The van der Waals surface area contributed by atoms with Crippen LogP contribution in [0.5, 0.6) is 0 Å². The van der Waals surface area contributed by atoms with Gasteiger partial charge in [0.25, 0.3) is 0 Å². The standard InChI is InChI=1S/C10H22N2O2S/c1-10(2,3)5-7-15(13,14)12-6-4-9(11)8-12/h9H,4-8,11H2,1-3H3/t9-/m0/s1. The first kappa shape index (κ1) is 12.9. The van der Waals surface area contributed by atoms with Gasteiger partial charge in [-0.25, -0.2) is 12.7 Å². The van der Waals surface area contributed by atoms with Crippen LogP contribution in [-0.4, -0.2) is 37.6 Å². The van der Waals surface area contributed by atoms with Crippen LogP contribution < -0.4 is 5.73 Å². The van der Waals surface area contributed by atoms with Gasteiger partial charge in [-0.05, 0) is 18.3 Å². The van der Waals surface area contributed by atoms with Crippen LogP contribution in [-0.2, 0) is 10.0 Å². The zero-order chi connectivity index (χ0) is 11.7. The third kappa shape index (κ3) is 4.09. The van der Waals surface area contributed by atoms with Crippen molar-refractivity contribution in [3.63, 3.8) is 0 Å². The second-order valence-corrected chi connectivity index (χ2v) is 7.62. The fourth-order valence-electron chi connectivity index (χ4n) is 1.57. The molecule has 4 nitrogen and oxygen atoms in total. The smallest absolute Gasteiger partial charge is 0.214 e. The lowest BCUT2D eigenvalue weighted by atomic mass is 9.94. The van der Waals surface area contributed by atoms with Gasteiger partial charge in [0.2, 0.25) is 10.0 Å². The Bertz CT molecular complexity index is 306. The summed E-state index contributed by atoms with van der Waals surface area (Å²) in [4.78, 5) is 0. The van der Waals surface area contributed by atoms with Gasteiger partial charge < -0.3 is 5.73 Å². The lowest BCUT2D eigenvalue weighted by Crippen LogP contribution is -2.34. The van der Waals surface area contributed by atoms with Gasteiger partial charge in [0.15, 0.2) is 0 Å². The molecule has 0 spiro atoms. The van der Waals surface area contributed by atoms with E-state index in [9.17, 15) is 8.42 Å². The Balaban J connectivity index is 2.53. The van der Waals surface area contributed by atoms with Gasteiger partial charge in [-0.15, -0.1) is 0 Å². The second kappa shape index (κ2) is 4.39. The summed E-state index contributed by atoms with van der Waals surface area (Å²) in [6, 6.07) is 0.0226. The number of rotatable bonds is 3. The van der Waals surface area contributed by atoms with E-state index in [0.717, 1.165) is 6.42 Å². The number of sulfonamides is 1. The van der Waals surface area contributed by atoms with Crippen LogP contribution in [0.25, 0.3) is 0 Å². The molecule has 0 unspecified atom stereocenters. The fourth-order valence-corrected chi connectivity index (χ4v) is 3.50. The Morgan fingerprint density at radius 3 is 2.40 bits per heavy atom. The normalized spacial score (nSPS) is 24.7. The predicted octanol–water partition coefficient (Wildman–Crippen LogP) is 0.785. The fraction of sp³-hybridized carbons (Fsp3) is 1.00. The van der Waals surface area contributed by atoms with Crippen molar-refractivity contribution in [3.05, 3.63) is 0 Å². The highest BCUT2D eigenvalue weighted by Gasteiger charge is 2.30. The molecule has 0 radical (unpaired) electrons. The maximum atomic E-state index is 11.9. The van der Waals surface area contributed by atoms with Gasteiger partial charge in [0, 0.05) is 19.1 Å². The molecule has 1 aliphatic heterocycles. The number of hydrogen-bond acceptors (Lipinski definition) is 3. The Morgan fingerprint density at radius 2 is 2.00 bits per heavy atom. The van der Waals surface area contributed by atoms with E-state index in [-0.39, 0.29) is 17.2 Å². The molecule has 1 saturated heterocycles. The summed E-state index contributed by atoms with van der Waals surface area (Å²) in [5, 5.41) is 0. The molecule has 90 valence electrons. The maximum absolute atomic E-state index is 11.9. The van der Waals surface area contributed by atoms with E-state index >= 15 is 0 Å². The first-order chi connectivity index (χ1) is 6.71. The highest BCUT2D eigenvalue weighted by Crippen LogP contribution is 2.21. The summed E-state index contributed by atoms with van der Waals surface area (Å²) in [6.45, 7) is 7.24. The lowest BCUT2D eigenvalue weighted by Gasteiger charge is -2.21. The summed E-state index contributed by atoms with van der Waals surface area (Å²) in [7, 11) is -3.07. The summed E-state index contributed by atoms with van der Waals surface area (Å²) >= 11 is 0. The Morgan fingerprint density at radius 1 is 1.40 bits per heavy atom. The number of hydrogen-bond donors (Lipinski definition) is 1. The molecule has 1 aliphatic rings. The Kier molecular flexibility index (Phi) is 3.79. The van der Waals surface area contributed by atoms with E-state index in [2.05, 4.69) is 20.8 Å². The van der Waals surface area contributed by atoms with Crippen molar-refractivity contribution in [2.24, 2.45) is 11.1 Å². The van der Waals surface area contributed by atoms with Crippen molar-refractivity contribution < 1.29 is 8.42 Å². The van der Waals surface area contributed by atoms with Crippen molar-refractivity contribution in [1.29, 1.82) is 0 Å². The van der Waals surface area contributed by atoms with Gasteiger partial charge in [-0.3, -0.25) is 0 Å². The van der Waals surface area contributed by atoms with E-state index in [1.54, 1.807) is 0 Å². The second-order valence-electron chi connectivity index (χ2n) is 5.53. The minimum Gasteiger partial charge on any atom is -0.326 e. The first-order valence-electron chi connectivity index (χ1n) is 5.44. The Hall–Kier alpha value is -0.130. The van der Waals surface area contributed by atoms with E-state index in [4.69, 9.17) is 5.73 Å². The van der Waals surface area contributed by atoms with Gasteiger partial charge in [-0.2, -0.15) is 0 Å². The van der Waals surface area contributed by atoms with Crippen LogP contribution in [0.15, 0.2) is 0 Å². The summed E-state index contributed by atoms with van der Waals surface area (Å²) in [6.07, 6.45) is 1.48. The molecule has 0 aromatic heterocycles. The summed E-state index contributed by atoms with van der Waals surface area (Å²) in [5.41, 5.74) is 5.76. The van der Waals surface area contributed by atoms with E-state index in [0.29, 0.717) is 19.5 Å². The molecule has 0 amide bonds. The molecule has 5 heteroatoms. The molecule has 1 fully saturated rings. The van der Waals surface area contributed by atoms with Crippen molar-refractivity contribution in [3.8, 4) is 0 Å². The van der Waals surface area contributed by atoms with Crippen molar-refractivity contribution in [1.82, 2.24) is 4.31 Å². The monoisotopic (exact) mass is 234 g/mol. The van der Waals surface area contributed by atoms with Crippen molar-refractivity contribution in [2.45, 2.75) is 39.7 Å². The molecule has 0 bridgehead atoms. The zero-order valence-corrected chi connectivity index (χ0v) is 10.7. The molecule has 15 heavy (non-hydrogen) atoms. The average Bonchev–Trinajstić information content (AvgIpc) is 2.48. The number of nitrogens with zero attached hydrogens (tertiary/aromatic N) is 1. The molecule has 1 heterocycles. The van der Waals surface area contributed by atoms with Gasteiger partial charge >= 0.3 is 0 Å². The third-order valence-corrected chi connectivity index (χ3v) is 4.53. The van der Waals surface area contributed by atoms with E-state index in [1.807, 2.05) is 0 Å². The molecule has 1 rings (SSSR count). The SMILES string of the molecule is CC(C)(C)CCS(=O)(=O)N1CC[C@H](N)C1. The van der Waals surface area contributed by atoms with Gasteiger partial charge in [-0.1, -0.05) is 20.8 Å². The average molecular weight is 234 g/mol. The van der Waals surface area contributed by atoms with Crippen molar-refractivity contribution >= 4 is 10.0 Å². The molecule has 2 N–H and O–H groups in total. The van der Waals surface area contributed by atoms with Crippen LogP contribution in [0.4, 0.5) is 0 Å². The summed E-state index contributed by atoms with van der Waals surface area (Å²) in [5.74, 6) is 0.239. The molecule has 0 aromatic rings. The first-order valence-corrected chi connectivity index (χ1v) is 7.05.